The molecule has 1 aliphatic rings. The van der Waals surface area contributed by atoms with Gasteiger partial charge in [0.1, 0.15) is 5.75 Å². The van der Waals surface area contributed by atoms with Gasteiger partial charge in [-0.25, -0.2) is 4.79 Å². The second-order valence-corrected chi connectivity index (χ2v) is 9.75. The molecule has 0 heterocycles. The lowest BCUT2D eigenvalue weighted by atomic mass is 9.93. The average Bonchev–Trinajstić information content (AvgIpc) is 2.77. The number of rotatable bonds is 9. The number of carbonyl (C=O) groups excluding carboxylic acids is 1. The molecular weight excluding hydrogens is 463 g/mol. The van der Waals surface area contributed by atoms with Gasteiger partial charge in [0.25, 0.3) is 0 Å². The first kappa shape index (κ1) is 25.3. The molecule has 0 bridgehead atoms. The van der Waals surface area contributed by atoms with Gasteiger partial charge < -0.3 is 15.2 Å². The van der Waals surface area contributed by atoms with Crippen molar-refractivity contribution in [3.63, 3.8) is 0 Å². The molecule has 178 valence electrons. The molecule has 1 saturated carbocycles. The number of carboxylic acids is 1. The quantitative estimate of drug-likeness (QED) is 0.448. The highest BCUT2D eigenvalue weighted by Gasteiger charge is 2.29. The standard InChI is InChI=1S/C25H30Cl2N2O4/c1-25(2,24(31)32)33-20-11-8-17(9-12-20)15-29(19-6-4-3-5-7-19)16-23(30)28-18-10-13-21(26)22(27)14-18/h8-14,19H,3-7,15-16H2,1-2H3,(H,28,30)(H,31,32). The minimum absolute atomic E-state index is 0.109. The zero-order valence-corrected chi connectivity index (χ0v) is 20.5. The van der Waals surface area contributed by atoms with Crippen molar-refractivity contribution in [2.24, 2.45) is 0 Å². The van der Waals surface area contributed by atoms with Gasteiger partial charge in [0.05, 0.1) is 16.6 Å². The molecule has 1 aliphatic carbocycles. The van der Waals surface area contributed by atoms with E-state index in [2.05, 4.69) is 10.2 Å². The number of nitrogens with zero attached hydrogens (tertiary/aromatic N) is 1. The second-order valence-electron chi connectivity index (χ2n) is 8.94. The molecule has 0 aliphatic heterocycles. The number of ether oxygens (including phenoxy) is 1. The number of carbonyl (C=O) groups is 2. The molecule has 2 aromatic rings. The zero-order chi connectivity index (χ0) is 24.0. The van der Waals surface area contributed by atoms with Gasteiger partial charge in [-0.2, -0.15) is 0 Å². The maximum atomic E-state index is 12.8. The maximum Gasteiger partial charge on any atom is 0.347 e. The van der Waals surface area contributed by atoms with Crippen molar-refractivity contribution >= 4 is 40.8 Å². The summed E-state index contributed by atoms with van der Waals surface area (Å²) in [6, 6.07) is 12.7. The van der Waals surface area contributed by atoms with Gasteiger partial charge in [-0.05, 0) is 62.6 Å². The fourth-order valence-corrected chi connectivity index (χ4v) is 4.25. The van der Waals surface area contributed by atoms with Crippen molar-refractivity contribution in [2.45, 2.75) is 64.1 Å². The molecule has 0 aromatic heterocycles. The van der Waals surface area contributed by atoms with Crippen molar-refractivity contribution in [1.82, 2.24) is 4.90 Å². The first-order valence-electron chi connectivity index (χ1n) is 11.1. The highest BCUT2D eigenvalue weighted by Crippen LogP contribution is 2.27. The maximum absolute atomic E-state index is 12.8. The molecular formula is C25H30Cl2N2O4. The van der Waals surface area contributed by atoms with E-state index >= 15 is 0 Å². The van der Waals surface area contributed by atoms with Crippen LogP contribution in [0, 0.1) is 0 Å². The van der Waals surface area contributed by atoms with E-state index in [1.807, 2.05) is 12.1 Å². The summed E-state index contributed by atoms with van der Waals surface area (Å²) in [5.41, 5.74) is 0.335. The summed E-state index contributed by atoms with van der Waals surface area (Å²) in [6.45, 7) is 3.90. The van der Waals surface area contributed by atoms with E-state index in [1.54, 1.807) is 30.3 Å². The summed E-state index contributed by atoms with van der Waals surface area (Å²) in [7, 11) is 0. The van der Waals surface area contributed by atoms with Crippen molar-refractivity contribution in [2.75, 3.05) is 11.9 Å². The van der Waals surface area contributed by atoms with Crippen molar-refractivity contribution in [1.29, 1.82) is 0 Å². The van der Waals surface area contributed by atoms with Crippen molar-refractivity contribution in [3.05, 3.63) is 58.1 Å². The molecule has 33 heavy (non-hydrogen) atoms. The lowest BCUT2D eigenvalue weighted by Crippen LogP contribution is -2.41. The van der Waals surface area contributed by atoms with Crippen LogP contribution in [-0.4, -0.2) is 40.1 Å². The Morgan fingerprint density at radius 1 is 1.06 bits per heavy atom. The van der Waals surface area contributed by atoms with E-state index in [1.165, 1.54) is 20.3 Å². The Hall–Kier alpha value is -2.28. The van der Waals surface area contributed by atoms with Gasteiger partial charge in [0.2, 0.25) is 5.91 Å². The van der Waals surface area contributed by atoms with Gasteiger partial charge in [0, 0.05) is 18.3 Å². The van der Waals surface area contributed by atoms with Gasteiger partial charge in [-0.1, -0.05) is 54.6 Å². The SMILES string of the molecule is CC(C)(Oc1ccc(CN(CC(=O)Nc2ccc(Cl)c(Cl)c2)C2CCCCC2)cc1)C(=O)O. The van der Waals surface area contributed by atoms with E-state index in [9.17, 15) is 14.7 Å². The van der Waals surface area contributed by atoms with Crippen LogP contribution < -0.4 is 10.1 Å². The minimum Gasteiger partial charge on any atom is -0.478 e. The summed E-state index contributed by atoms with van der Waals surface area (Å²) in [4.78, 5) is 26.3. The summed E-state index contributed by atoms with van der Waals surface area (Å²) in [5, 5.41) is 13.0. The second kappa shape index (κ2) is 11.2. The first-order chi connectivity index (χ1) is 15.6. The minimum atomic E-state index is -1.31. The van der Waals surface area contributed by atoms with Gasteiger partial charge in [-0.15, -0.1) is 0 Å². The third kappa shape index (κ3) is 7.36. The molecule has 0 radical (unpaired) electrons. The molecule has 3 rings (SSSR count). The van der Waals surface area contributed by atoms with Crippen LogP contribution >= 0.6 is 23.2 Å². The highest BCUT2D eigenvalue weighted by molar-refractivity contribution is 6.42. The monoisotopic (exact) mass is 492 g/mol. The Balaban J connectivity index is 1.68. The molecule has 0 spiro atoms. The average molecular weight is 493 g/mol. The zero-order valence-electron chi connectivity index (χ0n) is 18.9. The van der Waals surface area contributed by atoms with E-state index in [4.69, 9.17) is 27.9 Å². The lowest BCUT2D eigenvalue weighted by Gasteiger charge is -2.34. The summed E-state index contributed by atoms with van der Waals surface area (Å²) < 4.78 is 5.59. The number of hydrogen-bond donors (Lipinski definition) is 2. The fraction of sp³-hybridized carbons (Fsp3) is 0.440. The summed E-state index contributed by atoms with van der Waals surface area (Å²) in [5.74, 6) is -0.641. The molecule has 1 fully saturated rings. The number of nitrogens with one attached hydrogen (secondary N) is 1. The number of aliphatic carboxylic acids is 1. The number of anilines is 1. The molecule has 0 unspecified atom stereocenters. The van der Waals surface area contributed by atoms with E-state index in [0.717, 1.165) is 31.2 Å². The fourth-order valence-electron chi connectivity index (χ4n) is 3.95. The van der Waals surface area contributed by atoms with Gasteiger partial charge >= 0.3 is 5.97 Å². The van der Waals surface area contributed by atoms with Crippen LogP contribution in [0.1, 0.15) is 51.5 Å². The smallest absolute Gasteiger partial charge is 0.347 e. The molecule has 6 nitrogen and oxygen atoms in total. The predicted molar refractivity (Wildman–Crippen MR) is 131 cm³/mol. The Kier molecular flexibility index (Phi) is 8.63. The predicted octanol–water partition coefficient (Wildman–Crippen LogP) is 6.01. The van der Waals surface area contributed by atoms with Crippen LogP contribution in [0.4, 0.5) is 5.69 Å². The summed E-state index contributed by atoms with van der Waals surface area (Å²) in [6.07, 6.45) is 5.67. The van der Waals surface area contributed by atoms with Gasteiger partial charge in [0.15, 0.2) is 5.60 Å². The Labute approximate surface area is 204 Å². The van der Waals surface area contributed by atoms with Crippen molar-refractivity contribution in [3.8, 4) is 5.75 Å². The molecule has 2 N–H and O–H groups in total. The number of carboxylic acid groups (broad SMARTS) is 1. The van der Waals surface area contributed by atoms with E-state index in [-0.39, 0.29) is 12.5 Å². The van der Waals surface area contributed by atoms with Crippen LogP contribution in [0.5, 0.6) is 5.75 Å². The highest BCUT2D eigenvalue weighted by atomic mass is 35.5. The van der Waals surface area contributed by atoms with Crippen LogP contribution in [0.15, 0.2) is 42.5 Å². The van der Waals surface area contributed by atoms with Crippen LogP contribution in [0.25, 0.3) is 0 Å². The van der Waals surface area contributed by atoms with Gasteiger partial charge in [-0.3, -0.25) is 9.69 Å². The topological polar surface area (TPSA) is 78.9 Å². The first-order valence-corrected chi connectivity index (χ1v) is 11.9. The molecule has 8 heteroatoms. The van der Waals surface area contributed by atoms with Crippen LogP contribution in [0.3, 0.4) is 0 Å². The van der Waals surface area contributed by atoms with E-state index < -0.39 is 11.6 Å². The lowest BCUT2D eigenvalue weighted by molar-refractivity contribution is -0.152. The van der Waals surface area contributed by atoms with Crippen LogP contribution in [0.2, 0.25) is 10.0 Å². The third-order valence-corrected chi connectivity index (χ3v) is 6.58. The Morgan fingerprint density at radius 2 is 1.73 bits per heavy atom. The molecule has 0 saturated heterocycles. The third-order valence-electron chi connectivity index (χ3n) is 5.84. The number of hydrogen-bond acceptors (Lipinski definition) is 4. The Bertz CT molecular complexity index is 973. The van der Waals surface area contributed by atoms with Crippen molar-refractivity contribution < 1.29 is 19.4 Å². The summed E-state index contributed by atoms with van der Waals surface area (Å²) >= 11 is 12.0. The number of halogens is 2. The molecule has 2 aromatic carbocycles. The molecule has 0 atom stereocenters. The largest absolute Gasteiger partial charge is 0.478 e. The Morgan fingerprint density at radius 3 is 2.33 bits per heavy atom. The van der Waals surface area contributed by atoms with Crippen LogP contribution in [-0.2, 0) is 16.1 Å². The number of amides is 1. The normalized spacial score (nSPS) is 14.8. The molecule has 1 amide bonds. The van der Waals surface area contributed by atoms with E-state index in [0.29, 0.717) is 34.1 Å². The number of benzene rings is 2.